The first-order chi connectivity index (χ1) is 7.53. The van der Waals surface area contributed by atoms with Gasteiger partial charge in [-0.25, -0.2) is 4.79 Å². The van der Waals surface area contributed by atoms with Crippen LogP contribution in [-0.4, -0.2) is 22.5 Å². The van der Waals surface area contributed by atoms with Gasteiger partial charge in [0.15, 0.2) is 0 Å². The SMILES string of the molecule is CCCC(=O)NC1(C(=O)O)CCCCC1C. The summed E-state index contributed by atoms with van der Waals surface area (Å²) in [5, 5.41) is 12.1. The maximum atomic E-state index is 11.6. The van der Waals surface area contributed by atoms with Crippen LogP contribution in [-0.2, 0) is 9.59 Å². The molecule has 1 fully saturated rings. The molecule has 2 unspecified atom stereocenters. The van der Waals surface area contributed by atoms with Gasteiger partial charge < -0.3 is 10.4 Å². The third kappa shape index (κ3) is 2.54. The predicted molar refractivity (Wildman–Crippen MR) is 61.0 cm³/mol. The molecule has 92 valence electrons. The molecule has 0 radical (unpaired) electrons. The first-order valence-corrected chi connectivity index (χ1v) is 6.07. The molecule has 4 heteroatoms. The van der Waals surface area contributed by atoms with Crippen LogP contribution in [0.15, 0.2) is 0 Å². The van der Waals surface area contributed by atoms with Crippen LogP contribution in [0.1, 0.15) is 52.4 Å². The molecule has 2 atom stereocenters. The Morgan fingerprint density at radius 2 is 2.12 bits per heavy atom. The van der Waals surface area contributed by atoms with Gasteiger partial charge in [-0.2, -0.15) is 0 Å². The van der Waals surface area contributed by atoms with E-state index in [-0.39, 0.29) is 11.8 Å². The summed E-state index contributed by atoms with van der Waals surface area (Å²) in [6.07, 6.45) is 4.51. The molecule has 1 aliphatic rings. The van der Waals surface area contributed by atoms with E-state index < -0.39 is 11.5 Å². The van der Waals surface area contributed by atoms with Crippen LogP contribution < -0.4 is 5.32 Å². The zero-order valence-corrected chi connectivity index (χ0v) is 10.1. The quantitative estimate of drug-likeness (QED) is 0.771. The standard InChI is InChI=1S/C12H21NO3/c1-3-6-10(14)13-12(11(15)16)8-5-4-7-9(12)2/h9H,3-8H2,1-2H3,(H,13,14)(H,15,16). The number of hydrogen-bond acceptors (Lipinski definition) is 2. The molecule has 4 nitrogen and oxygen atoms in total. The van der Waals surface area contributed by atoms with Gasteiger partial charge >= 0.3 is 5.97 Å². The number of carboxylic acids is 1. The molecule has 0 spiro atoms. The Balaban J connectivity index is 2.79. The van der Waals surface area contributed by atoms with Crippen molar-refractivity contribution < 1.29 is 14.7 Å². The van der Waals surface area contributed by atoms with Crippen molar-refractivity contribution in [2.24, 2.45) is 5.92 Å². The Morgan fingerprint density at radius 1 is 1.44 bits per heavy atom. The normalized spacial score (nSPS) is 29.8. The van der Waals surface area contributed by atoms with Crippen molar-refractivity contribution in [3.05, 3.63) is 0 Å². The number of carbonyl (C=O) groups excluding carboxylic acids is 1. The summed E-state index contributed by atoms with van der Waals surface area (Å²) < 4.78 is 0. The van der Waals surface area contributed by atoms with Crippen LogP contribution in [0.5, 0.6) is 0 Å². The van der Waals surface area contributed by atoms with Gasteiger partial charge in [0.05, 0.1) is 0 Å². The molecule has 1 rings (SSSR count). The molecule has 0 aromatic carbocycles. The smallest absolute Gasteiger partial charge is 0.329 e. The highest BCUT2D eigenvalue weighted by molar-refractivity contribution is 5.87. The Morgan fingerprint density at radius 3 is 2.62 bits per heavy atom. The zero-order chi connectivity index (χ0) is 12.2. The fraction of sp³-hybridized carbons (Fsp3) is 0.833. The van der Waals surface area contributed by atoms with Gasteiger partial charge in [0, 0.05) is 6.42 Å². The van der Waals surface area contributed by atoms with Gasteiger partial charge in [-0.15, -0.1) is 0 Å². The Bertz CT molecular complexity index is 277. The van der Waals surface area contributed by atoms with Crippen molar-refractivity contribution in [3.63, 3.8) is 0 Å². The Hall–Kier alpha value is -1.06. The zero-order valence-electron chi connectivity index (χ0n) is 10.1. The molecule has 0 aromatic rings. The second-order valence-corrected chi connectivity index (χ2v) is 4.72. The summed E-state index contributed by atoms with van der Waals surface area (Å²) in [5.41, 5.74) is -1.02. The summed E-state index contributed by atoms with van der Waals surface area (Å²) in [4.78, 5) is 23.0. The number of nitrogens with one attached hydrogen (secondary N) is 1. The first-order valence-electron chi connectivity index (χ1n) is 6.07. The van der Waals surface area contributed by atoms with Crippen molar-refractivity contribution in [2.75, 3.05) is 0 Å². The second-order valence-electron chi connectivity index (χ2n) is 4.72. The molecule has 1 saturated carbocycles. The lowest BCUT2D eigenvalue weighted by molar-refractivity contribution is -0.152. The molecule has 0 bridgehead atoms. The van der Waals surface area contributed by atoms with E-state index >= 15 is 0 Å². The van der Waals surface area contributed by atoms with Gasteiger partial charge in [0.2, 0.25) is 5.91 Å². The predicted octanol–water partition coefficient (Wildman–Crippen LogP) is 1.94. The molecule has 0 aromatic heterocycles. The highest BCUT2D eigenvalue weighted by Gasteiger charge is 2.46. The summed E-state index contributed by atoms with van der Waals surface area (Å²) in [5.74, 6) is -1.01. The topological polar surface area (TPSA) is 66.4 Å². The number of carbonyl (C=O) groups is 2. The molecule has 0 heterocycles. The molecule has 2 N–H and O–H groups in total. The van der Waals surface area contributed by atoms with E-state index in [1.807, 2.05) is 13.8 Å². The minimum atomic E-state index is -1.02. The van der Waals surface area contributed by atoms with E-state index in [1.54, 1.807) is 0 Å². The van der Waals surface area contributed by atoms with E-state index in [9.17, 15) is 14.7 Å². The van der Waals surface area contributed by atoms with Crippen LogP contribution >= 0.6 is 0 Å². The largest absolute Gasteiger partial charge is 0.479 e. The number of rotatable bonds is 4. The van der Waals surface area contributed by atoms with Crippen LogP contribution in [0.25, 0.3) is 0 Å². The van der Waals surface area contributed by atoms with Crippen molar-refractivity contribution in [1.29, 1.82) is 0 Å². The highest BCUT2D eigenvalue weighted by atomic mass is 16.4. The minimum absolute atomic E-state index is 0.0135. The summed E-state index contributed by atoms with van der Waals surface area (Å²) in [6.45, 7) is 3.83. The van der Waals surface area contributed by atoms with Crippen molar-refractivity contribution in [1.82, 2.24) is 5.32 Å². The third-order valence-corrected chi connectivity index (χ3v) is 3.52. The van der Waals surface area contributed by atoms with Crippen LogP contribution in [0.3, 0.4) is 0 Å². The maximum absolute atomic E-state index is 11.6. The van der Waals surface area contributed by atoms with Crippen molar-refractivity contribution in [3.8, 4) is 0 Å². The summed E-state index contributed by atoms with van der Waals surface area (Å²) in [6, 6.07) is 0. The first kappa shape index (κ1) is 13.0. The number of hydrogen-bond donors (Lipinski definition) is 2. The van der Waals surface area contributed by atoms with Gasteiger partial charge in [0.25, 0.3) is 0 Å². The molecular weight excluding hydrogens is 206 g/mol. The van der Waals surface area contributed by atoms with Gasteiger partial charge in [-0.05, 0) is 25.2 Å². The van der Waals surface area contributed by atoms with Gasteiger partial charge in [-0.3, -0.25) is 4.79 Å². The molecule has 16 heavy (non-hydrogen) atoms. The maximum Gasteiger partial charge on any atom is 0.329 e. The van der Waals surface area contributed by atoms with Crippen molar-refractivity contribution in [2.45, 2.75) is 57.9 Å². The van der Waals surface area contributed by atoms with Crippen LogP contribution in [0.4, 0.5) is 0 Å². The highest BCUT2D eigenvalue weighted by Crippen LogP contribution is 2.34. The average molecular weight is 227 g/mol. The van der Waals surface area contributed by atoms with Gasteiger partial charge in [0.1, 0.15) is 5.54 Å². The fourth-order valence-corrected chi connectivity index (χ4v) is 2.44. The third-order valence-electron chi connectivity index (χ3n) is 3.52. The fourth-order valence-electron chi connectivity index (χ4n) is 2.44. The van der Waals surface area contributed by atoms with E-state index in [1.165, 1.54) is 0 Å². The van der Waals surface area contributed by atoms with Crippen molar-refractivity contribution >= 4 is 11.9 Å². The van der Waals surface area contributed by atoms with Gasteiger partial charge in [-0.1, -0.05) is 26.7 Å². The Kier molecular flexibility index (Phi) is 4.33. The van der Waals surface area contributed by atoms with E-state index in [0.29, 0.717) is 12.8 Å². The molecule has 0 aliphatic heterocycles. The molecule has 0 saturated heterocycles. The molecule has 1 amide bonds. The average Bonchev–Trinajstić information content (AvgIpc) is 2.21. The lowest BCUT2D eigenvalue weighted by atomic mass is 9.73. The van der Waals surface area contributed by atoms with Crippen LogP contribution in [0.2, 0.25) is 0 Å². The van der Waals surface area contributed by atoms with E-state index in [4.69, 9.17) is 0 Å². The number of carboxylic acid groups (broad SMARTS) is 1. The summed E-state index contributed by atoms with van der Waals surface area (Å²) >= 11 is 0. The Labute approximate surface area is 96.4 Å². The van der Waals surface area contributed by atoms with Crippen LogP contribution in [0, 0.1) is 5.92 Å². The van der Waals surface area contributed by atoms with E-state index in [2.05, 4.69) is 5.32 Å². The molecule has 1 aliphatic carbocycles. The monoisotopic (exact) mass is 227 g/mol. The number of aliphatic carboxylic acids is 1. The minimum Gasteiger partial charge on any atom is -0.479 e. The van der Waals surface area contributed by atoms with E-state index in [0.717, 1.165) is 25.7 Å². The lowest BCUT2D eigenvalue weighted by Crippen LogP contribution is -2.59. The second kappa shape index (κ2) is 5.32. The number of amides is 1. The molecular formula is C12H21NO3. The summed E-state index contributed by atoms with van der Waals surface area (Å²) in [7, 11) is 0. The lowest BCUT2D eigenvalue weighted by Gasteiger charge is -2.39.